The molecule has 0 radical (unpaired) electrons. The largest absolute Gasteiger partial charge is 0.486 e. The Morgan fingerprint density at radius 1 is 1.12 bits per heavy atom. The van der Waals surface area contributed by atoms with E-state index in [2.05, 4.69) is 29.4 Å². The number of hydrogen-bond acceptors (Lipinski definition) is 7. The van der Waals surface area contributed by atoms with E-state index in [0.717, 1.165) is 22.4 Å². The predicted octanol–water partition coefficient (Wildman–Crippen LogP) is 3.34. The number of carbonyl (C=O) groups is 1. The molecule has 4 rings (SSSR count). The van der Waals surface area contributed by atoms with Crippen LogP contribution in [0.25, 0.3) is 11.4 Å². The van der Waals surface area contributed by atoms with Gasteiger partial charge >= 0.3 is 0 Å². The third kappa shape index (κ3) is 4.83. The number of aromatic nitrogens is 3. The number of aryl methyl sites for hydroxylation is 1. The van der Waals surface area contributed by atoms with Crippen LogP contribution in [0.1, 0.15) is 31.0 Å². The van der Waals surface area contributed by atoms with Crippen molar-refractivity contribution in [2.75, 3.05) is 24.8 Å². The van der Waals surface area contributed by atoms with Crippen molar-refractivity contribution < 1.29 is 14.3 Å². The number of nitrogens with two attached hydrogens (primary N) is 1. The summed E-state index contributed by atoms with van der Waals surface area (Å²) in [4.78, 5) is 12.7. The van der Waals surface area contributed by atoms with Gasteiger partial charge in [-0.25, -0.2) is 4.68 Å². The molecule has 0 bridgehead atoms. The number of benzene rings is 2. The van der Waals surface area contributed by atoms with Gasteiger partial charge in [-0.05, 0) is 30.5 Å². The van der Waals surface area contributed by atoms with Crippen molar-refractivity contribution in [3.05, 3.63) is 53.6 Å². The van der Waals surface area contributed by atoms with Crippen LogP contribution in [0.3, 0.4) is 0 Å². The number of fused-ring (bicyclic) bond motifs is 1. The zero-order valence-electron chi connectivity index (χ0n) is 18.4. The fourth-order valence-corrected chi connectivity index (χ4v) is 4.18. The Kier molecular flexibility index (Phi) is 6.55. The van der Waals surface area contributed by atoms with Gasteiger partial charge in [0.05, 0.1) is 11.8 Å². The predicted molar refractivity (Wildman–Crippen MR) is 124 cm³/mol. The first-order valence-electron chi connectivity index (χ1n) is 10.5. The summed E-state index contributed by atoms with van der Waals surface area (Å²) in [6.07, 6.45) is 0. The molecule has 8 nitrogen and oxygen atoms in total. The van der Waals surface area contributed by atoms with Gasteiger partial charge in [0.15, 0.2) is 17.3 Å². The molecule has 0 saturated carbocycles. The molecule has 3 aromatic rings. The molecule has 1 aliphatic rings. The number of ether oxygens (including phenoxy) is 2. The van der Waals surface area contributed by atoms with Crippen molar-refractivity contribution in [2.45, 2.75) is 32.0 Å². The number of nitrogen functional groups attached to an aromatic ring is 1. The molecule has 0 spiro atoms. The SMILES string of the molecule is Cc1ccc(-c2nnc(SCC(=O)NC(c3ccc4c(c3)OCCO4)C(C)C)n2N)cc1. The van der Waals surface area contributed by atoms with Gasteiger partial charge in [-0.3, -0.25) is 4.79 Å². The second-order valence-electron chi connectivity index (χ2n) is 8.02. The summed E-state index contributed by atoms with van der Waals surface area (Å²) in [5.74, 6) is 8.44. The molecule has 0 fully saturated rings. The summed E-state index contributed by atoms with van der Waals surface area (Å²) in [6.45, 7) is 7.23. The van der Waals surface area contributed by atoms with E-state index in [1.54, 1.807) is 0 Å². The maximum Gasteiger partial charge on any atom is 0.230 e. The van der Waals surface area contributed by atoms with E-state index in [-0.39, 0.29) is 23.6 Å². The molecule has 1 aromatic heterocycles. The molecule has 32 heavy (non-hydrogen) atoms. The molecule has 1 aliphatic heterocycles. The third-order valence-electron chi connectivity index (χ3n) is 5.22. The van der Waals surface area contributed by atoms with E-state index in [1.165, 1.54) is 16.4 Å². The number of nitrogens with one attached hydrogen (secondary N) is 1. The van der Waals surface area contributed by atoms with Crippen molar-refractivity contribution in [3.8, 4) is 22.9 Å². The van der Waals surface area contributed by atoms with Crippen LogP contribution in [0.2, 0.25) is 0 Å². The van der Waals surface area contributed by atoms with Gasteiger partial charge in [0.1, 0.15) is 13.2 Å². The topological polar surface area (TPSA) is 104 Å². The summed E-state index contributed by atoms with van der Waals surface area (Å²) in [7, 11) is 0. The Morgan fingerprint density at radius 2 is 1.84 bits per heavy atom. The maximum atomic E-state index is 12.7. The van der Waals surface area contributed by atoms with Gasteiger partial charge in [0.25, 0.3) is 0 Å². The van der Waals surface area contributed by atoms with Crippen molar-refractivity contribution >= 4 is 17.7 Å². The van der Waals surface area contributed by atoms with Crippen LogP contribution >= 0.6 is 11.8 Å². The summed E-state index contributed by atoms with van der Waals surface area (Å²) < 4.78 is 12.7. The highest BCUT2D eigenvalue weighted by atomic mass is 32.2. The van der Waals surface area contributed by atoms with Crippen LogP contribution in [0.5, 0.6) is 11.5 Å². The third-order valence-corrected chi connectivity index (χ3v) is 6.16. The first-order chi connectivity index (χ1) is 15.4. The van der Waals surface area contributed by atoms with Crippen molar-refractivity contribution in [3.63, 3.8) is 0 Å². The zero-order chi connectivity index (χ0) is 22.7. The Labute approximate surface area is 191 Å². The molecule has 1 amide bonds. The van der Waals surface area contributed by atoms with Gasteiger partial charge in [-0.1, -0.05) is 61.5 Å². The number of rotatable bonds is 7. The quantitative estimate of drug-likeness (QED) is 0.418. The van der Waals surface area contributed by atoms with Crippen molar-refractivity contribution in [2.24, 2.45) is 5.92 Å². The number of thioether (sulfide) groups is 1. The minimum Gasteiger partial charge on any atom is -0.486 e. The second kappa shape index (κ2) is 9.52. The Bertz CT molecular complexity index is 1100. The summed E-state index contributed by atoms with van der Waals surface area (Å²) in [6, 6.07) is 13.5. The average Bonchev–Trinajstić information content (AvgIpc) is 3.16. The Balaban J connectivity index is 1.41. The molecule has 1 unspecified atom stereocenters. The normalized spacial score (nSPS) is 13.8. The van der Waals surface area contributed by atoms with Crippen LogP contribution in [-0.4, -0.2) is 39.7 Å². The van der Waals surface area contributed by atoms with Crippen molar-refractivity contribution in [1.82, 2.24) is 20.2 Å². The smallest absolute Gasteiger partial charge is 0.230 e. The molecule has 3 N–H and O–H groups in total. The molecule has 9 heteroatoms. The van der Waals surface area contributed by atoms with Gasteiger partial charge in [-0.15, -0.1) is 10.2 Å². The average molecular weight is 454 g/mol. The van der Waals surface area contributed by atoms with E-state index in [0.29, 0.717) is 29.9 Å². The fourth-order valence-electron chi connectivity index (χ4n) is 3.51. The lowest BCUT2D eigenvalue weighted by Gasteiger charge is -2.25. The Morgan fingerprint density at radius 3 is 2.56 bits per heavy atom. The van der Waals surface area contributed by atoms with E-state index < -0.39 is 0 Å². The molecule has 1 atom stereocenters. The minimum absolute atomic E-state index is 0.108. The van der Waals surface area contributed by atoms with Gasteiger partial charge in [0, 0.05) is 5.56 Å². The van der Waals surface area contributed by atoms with Crippen molar-refractivity contribution in [1.29, 1.82) is 0 Å². The molecular weight excluding hydrogens is 426 g/mol. The highest BCUT2D eigenvalue weighted by Crippen LogP contribution is 2.34. The zero-order valence-corrected chi connectivity index (χ0v) is 19.2. The van der Waals surface area contributed by atoms with Gasteiger partial charge in [0.2, 0.25) is 11.1 Å². The number of carbonyl (C=O) groups excluding carboxylic acids is 1. The summed E-state index contributed by atoms with van der Waals surface area (Å²) in [5.41, 5.74) is 3.01. The summed E-state index contributed by atoms with van der Waals surface area (Å²) in [5, 5.41) is 11.9. The molecule has 0 aliphatic carbocycles. The first kappa shape index (κ1) is 22.0. The van der Waals surface area contributed by atoms with Gasteiger partial charge in [-0.2, -0.15) is 0 Å². The maximum absolute atomic E-state index is 12.7. The lowest BCUT2D eigenvalue weighted by atomic mass is 9.95. The summed E-state index contributed by atoms with van der Waals surface area (Å²) >= 11 is 1.25. The molecule has 0 saturated heterocycles. The van der Waals surface area contributed by atoms with E-state index in [1.807, 2.05) is 49.4 Å². The van der Waals surface area contributed by atoms with E-state index in [9.17, 15) is 4.79 Å². The fraction of sp³-hybridized carbons (Fsp3) is 0.348. The number of hydrogen-bond donors (Lipinski definition) is 2. The van der Waals surface area contributed by atoms with Gasteiger partial charge < -0.3 is 20.6 Å². The van der Waals surface area contributed by atoms with E-state index in [4.69, 9.17) is 15.3 Å². The Hall–Kier alpha value is -3.20. The lowest BCUT2D eigenvalue weighted by Crippen LogP contribution is -2.33. The number of nitrogens with zero attached hydrogens (tertiary/aromatic N) is 3. The van der Waals surface area contributed by atoms with Crippen LogP contribution in [0.15, 0.2) is 47.6 Å². The minimum atomic E-state index is -0.155. The monoisotopic (exact) mass is 453 g/mol. The lowest BCUT2D eigenvalue weighted by molar-refractivity contribution is -0.119. The molecular formula is C23H27N5O3S. The van der Waals surface area contributed by atoms with Crippen LogP contribution in [-0.2, 0) is 4.79 Å². The van der Waals surface area contributed by atoms with Crippen LogP contribution in [0.4, 0.5) is 0 Å². The van der Waals surface area contributed by atoms with E-state index >= 15 is 0 Å². The highest BCUT2D eigenvalue weighted by molar-refractivity contribution is 7.99. The first-order valence-corrected chi connectivity index (χ1v) is 11.5. The standard InChI is InChI=1S/C23H27N5O3S/c1-14(2)21(17-8-9-18-19(12-17)31-11-10-30-18)25-20(29)13-32-23-27-26-22(28(23)24)16-6-4-15(3)5-7-16/h4-9,12,14,21H,10-11,13,24H2,1-3H3,(H,25,29). The van der Waals surface area contributed by atoms with Crippen LogP contribution in [0, 0.1) is 12.8 Å². The molecule has 2 aromatic carbocycles. The number of amides is 1. The molecule has 168 valence electrons. The van der Waals surface area contributed by atoms with Crippen LogP contribution < -0.4 is 20.6 Å². The second-order valence-corrected chi connectivity index (χ2v) is 8.97. The highest BCUT2D eigenvalue weighted by Gasteiger charge is 2.22. The molecule has 2 heterocycles.